The van der Waals surface area contributed by atoms with Crippen LogP contribution in [0.1, 0.15) is 39.2 Å². The Bertz CT molecular complexity index is 1040. The van der Waals surface area contributed by atoms with Crippen molar-refractivity contribution in [3.8, 4) is 11.5 Å². The van der Waals surface area contributed by atoms with Gasteiger partial charge in [-0.1, -0.05) is 19.9 Å². The minimum absolute atomic E-state index is 0.0273. The predicted octanol–water partition coefficient (Wildman–Crippen LogP) is 6.95. The molecular formula is C24H27F3N4O2. The lowest BCUT2D eigenvalue weighted by Gasteiger charge is -2.16. The summed E-state index contributed by atoms with van der Waals surface area (Å²) in [5, 5.41) is 5.68. The van der Waals surface area contributed by atoms with Gasteiger partial charge in [-0.2, -0.15) is 18.2 Å². The molecular weight excluding hydrogens is 433 g/mol. The first-order valence-electron chi connectivity index (χ1n) is 10.8. The second-order valence-electron chi connectivity index (χ2n) is 7.44. The number of halogens is 3. The van der Waals surface area contributed by atoms with Crippen molar-refractivity contribution in [2.75, 3.05) is 17.2 Å². The molecule has 0 saturated heterocycles. The largest absolute Gasteiger partial charge is 0.494 e. The Balaban J connectivity index is 1.82. The van der Waals surface area contributed by atoms with Crippen LogP contribution >= 0.6 is 0 Å². The molecule has 9 heteroatoms. The molecule has 0 fully saturated rings. The summed E-state index contributed by atoms with van der Waals surface area (Å²) in [6.07, 6.45) is -2.08. The topological polar surface area (TPSA) is 68.3 Å². The Morgan fingerprint density at radius 1 is 0.970 bits per heavy atom. The molecule has 0 spiro atoms. The molecule has 0 radical (unpaired) electrons. The Hall–Kier alpha value is -3.49. The van der Waals surface area contributed by atoms with E-state index in [0.29, 0.717) is 29.5 Å². The van der Waals surface area contributed by atoms with Crippen molar-refractivity contribution in [1.29, 1.82) is 0 Å². The minimum Gasteiger partial charge on any atom is -0.494 e. The van der Waals surface area contributed by atoms with Gasteiger partial charge in [0.25, 0.3) is 0 Å². The fraction of sp³-hybridized carbons (Fsp3) is 0.333. The van der Waals surface area contributed by atoms with E-state index < -0.39 is 11.7 Å². The van der Waals surface area contributed by atoms with Crippen LogP contribution in [0.25, 0.3) is 0 Å². The van der Waals surface area contributed by atoms with Crippen molar-refractivity contribution in [2.45, 2.75) is 45.9 Å². The van der Waals surface area contributed by atoms with Crippen LogP contribution in [0, 0.1) is 0 Å². The van der Waals surface area contributed by atoms with Crippen LogP contribution in [-0.4, -0.2) is 22.7 Å². The summed E-state index contributed by atoms with van der Waals surface area (Å²) in [4.78, 5) is 7.93. The van der Waals surface area contributed by atoms with Crippen molar-refractivity contribution >= 4 is 23.1 Å². The van der Waals surface area contributed by atoms with Crippen molar-refractivity contribution in [1.82, 2.24) is 9.97 Å². The van der Waals surface area contributed by atoms with Gasteiger partial charge in [-0.3, -0.25) is 0 Å². The normalized spacial score (nSPS) is 12.2. The first kappa shape index (κ1) is 24.2. The van der Waals surface area contributed by atoms with Gasteiger partial charge < -0.3 is 20.1 Å². The smallest absolute Gasteiger partial charge is 0.421 e. The number of hydrogen-bond acceptors (Lipinski definition) is 6. The monoisotopic (exact) mass is 460 g/mol. The highest BCUT2D eigenvalue weighted by molar-refractivity contribution is 5.64. The van der Waals surface area contributed by atoms with Crippen LogP contribution < -0.4 is 20.1 Å². The minimum atomic E-state index is -4.62. The average Bonchev–Trinajstić information content (AvgIpc) is 2.78. The molecule has 2 N–H and O–H groups in total. The van der Waals surface area contributed by atoms with Gasteiger partial charge in [0, 0.05) is 23.6 Å². The van der Waals surface area contributed by atoms with Crippen LogP contribution in [0.2, 0.25) is 0 Å². The molecule has 6 nitrogen and oxygen atoms in total. The summed E-state index contributed by atoms with van der Waals surface area (Å²) in [5.41, 5.74) is 0.0719. The maximum atomic E-state index is 13.6. The maximum absolute atomic E-state index is 13.6. The average molecular weight is 461 g/mol. The number of hydrogen-bond donors (Lipinski definition) is 2. The number of ether oxygens (including phenoxy) is 2. The predicted molar refractivity (Wildman–Crippen MR) is 123 cm³/mol. The molecule has 0 saturated carbocycles. The highest BCUT2D eigenvalue weighted by atomic mass is 19.4. The molecule has 0 aliphatic heterocycles. The fourth-order valence-electron chi connectivity index (χ4n) is 2.83. The summed E-state index contributed by atoms with van der Waals surface area (Å²) in [6.45, 7) is 6.49. The first-order valence-corrected chi connectivity index (χ1v) is 10.8. The van der Waals surface area contributed by atoms with Gasteiger partial charge in [0.1, 0.15) is 22.9 Å². The number of anilines is 4. The van der Waals surface area contributed by atoms with Gasteiger partial charge in [-0.05, 0) is 56.2 Å². The lowest BCUT2D eigenvalue weighted by Crippen LogP contribution is -2.12. The third kappa shape index (κ3) is 7.00. The molecule has 176 valence electrons. The van der Waals surface area contributed by atoms with Gasteiger partial charge in [-0.15, -0.1) is 0 Å². The molecule has 2 aromatic carbocycles. The Labute approximate surface area is 191 Å². The quantitative estimate of drug-likeness (QED) is 0.341. The van der Waals surface area contributed by atoms with Gasteiger partial charge in [-0.25, -0.2) is 4.98 Å². The Morgan fingerprint density at radius 2 is 1.73 bits per heavy atom. The Kier molecular flexibility index (Phi) is 7.97. The van der Waals surface area contributed by atoms with Crippen LogP contribution in [0.5, 0.6) is 11.5 Å². The molecule has 1 atom stereocenters. The van der Waals surface area contributed by atoms with Crippen molar-refractivity contribution in [3.05, 3.63) is 60.3 Å². The molecule has 3 rings (SSSR count). The second kappa shape index (κ2) is 10.9. The summed E-state index contributed by atoms with van der Waals surface area (Å²) >= 11 is 0. The highest BCUT2D eigenvalue weighted by Gasteiger charge is 2.35. The third-order valence-corrected chi connectivity index (χ3v) is 4.69. The van der Waals surface area contributed by atoms with E-state index in [0.717, 1.165) is 19.0 Å². The number of benzene rings is 2. The number of nitrogens with zero attached hydrogens (tertiary/aromatic N) is 2. The molecule has 1 aromatic heterocycles. The molecule has 0 amide bonds. The van der Waals surface area contributed by atoms with Crippen LogP contribution in [0.3, 0.4) is 0 Å². The number of alkyl halides is 3. The van der Waals surface area contributed by atoms with Crippen LogP contribution in [0.4, 0.5) is 36.3 Å². The summed E-state index contributed by atoms with van der Waals surface area (Å²) in [7, 11) is 0. The second-order valence-corrected chi connectivity index (χ2v) is 7.44. The Morgan fingerprint density at radius 3 is 2.39 bits per heavy atom. The van der Waals surface area contributed by atoms with Gasteiger partial charge in [0.05, 0.1) is 12.7 Å². The van der Waals surface area contributed by atoms with E-state index in [-0.39, 0.29) is 17.9 Å². The molecule has 0 bridgehead atoms. The zero-order valence-electron chi connectivity index (χ0n) is 18.7. The van der Waals surface area contributed by atoms with Gasteiger partial charge >= 0.3 is 6.18 Å². The van der Waals surface area contributed by atoms with E-state index in [1.165, 1.54) is 0 Å². The van der Waals surface area contributed by atoms with E-state index >= 15 is 0 Å². The lowest BCUT2D eigenvalue weighted by molar-refractivity contribution is -0.137. The molecule has 33 heavy (non-hydrogen) atoms. The highest BCUT2D eigenvalue weighted by Crippen LogP contribution is 2.35. The van der Waals surface area contributed by atoms with Gasteiger partial charge in [0.15, 0.2) is 0 Å². The zero-order valence-corrected chi connectivity index (χ0v) is 18.7. The van der Waals surface area contributed by atoms with Gasteiger partial charge in [0.2, 0.25) is 5.95 Å². The lowest BCUT2D eigenvalue weighted by atomic mass is 10.2. The number of nitrogens with one attached hydrogen (secondary N) is 2. The summed E-state index contributed by atoms with van der Waals surface area (Å²) < 4.78 is 52.0. The number of aromatic nitrogens is 2. The van der Waals surface area contributed by atoms with Crippen LogP contribution in [0.15, 0.2) is 54.7 Å². The molecule has 1 heterocycles. The first-order chi connectivity index (χ1) is 15.8. The molecule has 1 unspecified atom stereocenters. The third-order valence-electron chi connectivity index (χ3n) is 4.69. The standard InChI is InChI=1S/C24H27F3N4O2/c1-4-13-32-20-8-6-7-18(14-20)29-22-21(24(25,26)27)15-28-23(31-22)30-17-9-11-19(12-10-17)33-16(3)5-2/h6-12,14-16H,4-5,13H2,1-3H3,(H2,28,29,30,31). The van der Waals surface area contributed by atoms with E-state index in [1.807, 2.05) is 20.8 Å². The maximum Gasteiger partial charge on any atom is 0.421 e. The van der Waals surface area contributed by atoms with Crippen molar-refractivity contribution in [2.24, 2.45) is 0 Å². The van der Waals surface area contributed by atoms with Crippen molar-refractivity contribution < 1.29 is 22.6 Å². The molecule has 0 aliphatic carbocycles. The van der Waals surface area contributed by atoms with Crippen molar-refractivity contribution in [3.63, 3.8) is 0 Å². The molecule has 0 aliphatic rings. The number of rotatable bonds is 10. The van der Waals surface area contributed by atoms with E-state index in [9.17, 15) is 13.2 Å². The van der Waals surface area contributed by atoms with E-state index in [1.54, 1.807) is 48.5 Å². The zero-order chi connectivity index (χ0) is 23.8. The summed E-state index contributed by atoms with van der Waals surface area (Å²) in [5.74, 6) is 0.933. The van der Waals surface area contributed by atoms with E-state index in [2.05, 4.69) is 20.6 Å². The van der Waals surface area contributed by atoms with Crippen LogP contribution in [-0.2, 0) is 6.18 Å². The molecule has 3 aromatic rings. The fourth-order valence-corrected chi connectivity index (χ4v) is 2.83. The van der Waals surface area contributed by atoms with E-state index in [4.69, 9.17) is 9.47 Å². The summed E-state index contributed by atoms with van der Waals surface area (Å²) in [6, 6.07) is 13.8. The SMILES string of the molecule is CCCOc1cccc(Nc2nc(Nc3ccc(OC(C)CC)cc3)ncc2C(F)(F)F)c1.